The lowest BCUT2D eigenvalue weighted by Gasteiger charge is -2.34. The zero-order valence-corrected chi connectivity index (χ0v) is 16.8. The van der Waals surface area contributed by atoms with E-state index in [1.54, 1.807) is 0 Å². The van der Waals surface area contributed by atoms with Crippen molar-refractivity contribution in [2.45, 2.75) is 13.5 Å². The van der Waals surface area contributed by atoms with Gasteiger partial charge >= 0.3 is 0 Å². The predicted octanol–water partition coefficient (Wildman–Crippen LogP) is 1.14. The molecular formula is C17H27IN6. The zero-order valence-electron chi connectivity index (χ0n) is 14.5. The predicted molar refractivity (Wildman–Crippen MR) is 111 cm³/mol. The van der Waals surface area contributed by atoms with Crippen molar-refractivity contribution in [1.82, 2.24) is 20.5 Å². The quantitative estimate of drug-likeness (QED) is 0.310. The van der Waals surface area contributed by atoms with Crippen LogP contribution in [-0.2, 0) is 6.54 Å². The van der Waals surface area contributed by atoms with Crippen LogP contribution in [0.5, 0.6) is 0 Å². The number of anilines is 1. The Balaban J connectivity index is 0.00000288. The molecule has 7 heteroatoms. The molecule has 132 valence electrons. The maximum Gasteiger partial charge on any atom is 0.192 e. The highest BCUT2D eigenvalue weighted by Crippen LogP contribution is 2.19. The number of hydrogen-bond donors (Lipinski definition) is 2. The molecule has 0 radical (unpaired) electrons. The van der Waals surface area contributed by atoms with Crippen molar-refractivity contribution < 1.29 is 0 Å². The number of terminal acetylenes is 1. The number of aromatic nitrogens is 1. The Morgan fingerprint density at radius 1 is 1.33 bits per heavy atom. The van der Waals surface area contributed by atoms with Gasteiger partial charge in [-0.25, -0.2) is 9.98 Å². The number of nitrogens with one attached hydrogen (secondary N) is 2. The summed E-state index contributed by atoms with van der Waals surface area (Å²) in [6, 6.07) is 4.06. The van der Waals surface area contributed by atoms with E-state index in [2.05, 4.69) is 49.4 Å². The molecule has 2 heterocycles. The minimum atomic E-state index is 0. The van der Waals surface area contributed by atoms with Crippen molar-refractivity contribution in [3.63, 3.8) is 0 Å². The van der Waals surface area contributed by atoms with Crippen LogP contribution < -0.4 is 15.5 Å². The lowest BCUT2D eigenvalue weighted by atomic mass is 10.2. The second-order valence-corrected chi connectivity index (χ2v) is 5.53. The Hall–Kier alpha value is -1.53. The molecule has 0 aromatic carbocycles. The van der Waals surface area contributed by atoms with E-state index >= 15 is 0 Å². The SMILES string of the molecule is C#CCNC(=NCc1cccnc1N1CCN(C)CC1)NCC.I. The molecule has 1 aliphatic heterocycles. The normalized spacial score (nSPS) is 15.4. The molecular weight excluding hydrogens is 415 g/mol. The summed E-state index contributed by atoms with van der Waals surface area (Å²) in [5.41, 5.74) is 1.13. The molecule has 0 spiro atoms. The van der Waals surface area contributed by atoms with E-state index in [0.717, 1.165) is 50.1 Å². The average Bonchev–Trinajstić information content (AvgIpc) is 2.58. The van der Waals surface area contributed by atoms with E-state index < -0.39 is 0 Å². The molecule has 2 N–H and O–H groups in total. The van der Waals surface area contributed by atoms with Crippen LogP contribution in [0.15, 0.2) is 23.3 Å². The van der Waals surface area contributed by atoms with Gasteiger partial charge in [0.2, 0.25) is 0 Å². The van der Waals surface area contributed by atoms with Gasteiger partial charge in [-0.05, 0) is 20.0 Å². The van der Waals surface area contributed by atoms with Crippen molar-refractivity contribution in [2.75, 3.05) is 51.2 Å². The maximum absolute atomic E-state index is 5.30. The van der Waals surface area contributed by atoms with E-state index in [1.165, 1.54) is 0 Å². The van der Waals surface area contributed by atoms with Gasteiger partial charge in [-0.3, -0.25) is 0 Å². The molecule has 1 aliphatic rings. The van der Waals surface area contributed by atoms with Gasteiger partial charge in [-0.2, -0.15) is 0 Å². The Labute approximate surface area is 162 Å². The molecule has 1 saturated heterocycles. The summed E-state index contributed by atoms with van der Waals surface area (Å²) in [6.07, 6.45) is 7.15. The third kappa shape index (κ3) is 6.17. The largest absolute Gasteiger partial charge is 0.357 e. The number of guanidine groups is 1. The van der Waals surface area contributed by atoms with Gasteiger partial charge in [-0.1, -0.05) is 12.0 Å². The van der Waals surface area contributed by atoms with E-state index in [1.807, 2.05) is 19.2 Å². The summed E-state index contributed by atoms with van der Waals surface area (Å²) < 4.78 is 0. The van der Waals surface area contributed by atoms with Crippen molar-refractivity contribution in [1.29, 1.82) is 0 Å². The second kappa shape index (κ2) is 11.1. The van der Waals surface area contributed by atoms with Gasteiger partial charge in [-0.15, -0.1) is 30.4 Å². The first kappa shape index (κ1) is 20.5. The van der Waals surface area contributed by atoms with Crippen molar-refractivity contribution in [3.8, 4) is 12.3 Å². The number of pyridine rings is 1. The third-order valence-electron chi connectivity index (χ3n) is 3.78. The fourth-order valence-corrected chi connectivity index (χ4v) is 2.50. The van der Waals surface area contributed by atoms with E-state index in [0.29, 0.717) is 13.1 Å². The zero-order chi connectivity index (χ0) is 16.5. The number of piperazine rings is 1. The summed E-state index contributed by atoms with van der Waals surface area (Å²) >= 11 is 0. The summed E-state index contributed by atoms with van der Waals surface area (Å²) in [5.74, 6) is 4.34. The highest BCUT2D eigenvalue weighted by molar-refractivity contribution is 14.0. The first-order valence-corrected chi connectivity index (χ1v) is 8.07. The van der Waals surface area contributed by atoms with Gasteiger partial charge < -0.3 is 20.4 Å². The Bertz CT molecular complexity index is 560. The summed E-state index contributed by atoms with van der Waals surface area (Å²) in [4.78, 5) is 13.9. The van der Waals surface area contributed by atoms with Crippen LogP contribution in [0.2, 0.25) is 0 Å². The van der Waals surface area contributed by atoms with E-state index in [4.69, 9.17) is 6.42 Å². The topological polar surface area (TPSA) is 55.8 Å². The molecule has 1 fully saturated rings. The number of hydrogen-bond acceptors (Lipinski definition) is 4. The Kier molecular flexibility index (Phi) is 9.49. The van der Waals surface area contributed by atoms with Gasteiger partial charge in [0.05, 0.1) is 13.1 Å². The molecule has 0 unspecified atom stereocenters. The van der Waals surface area contributed by atoms with Gasteiger partial charge in [0, 0.05) is 44.5 Å². The highest BCUT2D eigenvalue weighted by atomic mass is 127. The highest BCUT2D eigenvalue weighted by Gasteiger charge is 2.17. The van der Waals surface area contributed by atoms with Crippen molar-refractivity contribution in [2.24, 2.45) is 4.99 Å². The maximum atomic E-state index is 5.30. The number of aliphatic imine (C=N–C) groups is 1. The summed E-state index contributed by atoms with van der Waals surface area (Å²) in [7, 11) is 2.15. The monoisotopic (exact) mass is 442 g/mol. The number of rotatable bonds is 5. The molecule has 24 heavy (non-hydrogen) atoms. The van der Waals surface area contributed by atoms with Crippen LogP contribution >= 0.6 is 24.0 Å². The Morgan fingerprint density at radius 3 is 2.75 bits per heavy atom. The lowest BCUT2D eigenvalue weighted by Crippen LogP contribution is -2.45. The lowest BCUT2D eigenvalue weighted by molar-refractivity contribution is 0.312. The van der Waals surface area contributed by atoms with Gasteiger partial charge in [0.25, 0.3) is 0 Å². The molecule has 1 aromatic rings. The molecule has 0 bridgehead atoms. The number of halogens is 1. The minimum Gasteiger partial charge on any atom is -0.357 e. The fraction of sp³-hybridized carbons (Fsp3) is 0.529. The van der Waals surface area contributed by atoms with Crippen molar-refractivity contribution in [3.05, 3.63) is 23.9 Å². The first-order valence-electron chi connectivity index (χ1n) is 8.07. The molecule has 0 saturated carbocycles. The van der Waals surface area contributed by atoms with E-state index in [-0.39, 0.29) is 24.0 Å². The molecule has 1 aromatic heterocycles. The van der Waals surface area contributed by atoms with Crippen LogP contribution in [0, 0.1) is 12.3 Å². The average molecular weight is 442 g/mol. The van der Waals surface area contributed by atoms with Crippen LogP contribution in [0.4, 0.5) is 5.82 Å². The summed E-state index contributed by atoms with van der Waals surface area (Å²) in [5, 5.41) is 6.30. The first-order chi connectivity index (χ1) is 11.2. The van der Waals surface area contributed by atoms with E-state index in [9.17, 15) is 0 Å². The fourth-order valence-electron chi connectivity index (χ4n) is 2.50. The second-order valence-electron chi connectivity index (χ2n) is 5.53. The smallest absolute Gasteiger partial charge is 0.192 e. The Morgan fingerprint density at radius 2 is 2.08 bits per heavy atom. The van der Waals surface area contributed by atoms with Crippen LogP contribution in [0.25, 0.3) is 0 Å². The minimum absolute atomic E-state index is 0. The van der Waals surface area contributed by atoms with Crippen LogP contribution in [0.3, 0.4) is 0 Å². The van der Waals surface area contributed by atoms with Crippen LogP contribution in [0.1, 0.15) is 12.5 Å². The molecule has 6 nitrogen and oxygen atoms in total. The summed E-state index contributed by atoms with van der Waals surface area (Å²) in [6.45, 7) is 8.00. The van der Waals surface area contributed by atoms with Crippen molar-refractivity contribution >= 4 is 35.8 Å². The molecule has 0 atom stereocenters. The number of likely N-dealkylation sites (N-methyl/N-ethyl adjacent to an activating group) is 1. The van der Waals surface area contributed by atoms with Crippen LogP contribution in [-0.4, -0.2) is 62.2 Å². The van der Waals surface area contributed by atoms with Gasteiger partial charge in [0.1, 0.15) is 5.82 Å². The van der Waals surface area contributed by atoms with Gasteiger partial charge in [0.15, 0.2) is 5.96 Å². The molecule has 0 aliphatic carbocycles. The third-order valence-corrected chi connectivity index (χ3v) is 3.78. The molecule has 0 amide bonds. The number of nitrogens with zero attached hydrogens (tertiary/aromatic N) is 4. The standard InChI is InChI=1S/C17H26N6.HI/c1-4-8-20-17(18-5-2)21-14-15-7-6-9-19-16(15)23-12-10-22(3)11-13-23;/h1,6-7,9H,5,8,10-14H2,2-3H3,(H2,18,20,21);1H. The molecule has 2 rings (SSSR count).